The first-order valence-electron chi connectivity index (χ1n) is 8.29. The first-order valence-corrected chi connectivity index (χ1v) is 9.17. The molecular formula is C17H24N6S. The van der Waals surface area contributed by atoms with Crippen LogP contribution in [0.15, 0.2) is 41.0 Å². The van der Waals surface area contributed by atoms with Crippen molar-refractivity contribution in [3.8, 4) is 0 Å². The average Bonchev–Trinajstić information content (AvgIpc) is 3.18. The van der Waals surface area contributed by atoms with E-state index in [4.69, 9.17) is 0 Å². The van der Waals surface area contributed by atoms with Gasteiger partial charge in [-0.15, -0.1) is 11.3 Å². The summed E-state index contributed by atoms with van der Waals surface area (Å²) in [5.74, 6) is 2.28. The maximum absolute atomic E-state index is 4.45. The summed E-state index contributed by atoms with van der Waals surface area (Å²) in [5, 5.41) is 5.65. The Morgan fingerprint density at radius 1 is 1.25 bits per heavy atom. The lowest BCUT2D eigenvalue weighted by molar-refractivity contribution is 0.369. The molecule has 7 heteroatoms. The molecule has 1 atom stereocenters. The van der Waals surface area contributed by atoms with Gasteiger partial charge in [0.1, 0.15) is 0 Å². The van der Waals surface area contributed by atoms with Crippen LogP contribution in [0, 0.1) is 0 Å². The number of anilines is 1. The third-order valence-corrected chi connectivity index (χ3v) is 5.33. The normalized spacial score (nSPS) is 17.0. The van der Waals surface area contributed by atoms with Gasteiger partial charge < -0.3 is 15.1 Å². The number of piperazine rings is 1. The standard InChI is InChI=1S/C17H24N6S/c1-14(15-5-3-12-24-15)13-21-16(18-2)22-8-10-23(11-9-22)17-19-6-4-7-20-17/h3-7,12,14H,8-11,13H2,1-2H3,(H,18,21). The zero-order valence-electron chi connectivity index (χ0n) is 14.2. The van der Waals surface area contributed by atoms with Crippen LogP contribution in [0.2, 0.25) is 0 Å². The monoisotopic (exact) mass is 344 g/mol. The van der Waals surface area contributed by atoms with Crippen molar-refractivity contribution in [1.29, 1.82) is 0 Å². The lowest BCUT2D eigenvalue weighted by Crippen LogP contribution is -2.53. The van der Waals surface area contributed by atoms with Gasteiger partial charge in [-0.25, -0.2) is 9.97 Å². The molecule has 6 nitrogen and oxygen atoms in total. The second-order valence-electron chi connectivity index (χ2n) is 5.87. The van der Waals surface area contributed by atoms with Crippen LogP contribution in [-0.2, 0) is 0 Å². The van der Waals surface area contributed by atoms with Crippen molar-refractivity contribution in [2.24, 2.45) is 4.99 Å². The van der Waals surface area contributed by atoms with E-state index in [1.165, 1.54) is 4.88 Å². The zero-order chi connectivity index (χ0) is 16.8. The highest BCUT2D eigenvalue weighted by molar-refractivity contribution is 7.10. The number of rotatable bonds is 4. The second-order valence-corrected chi connectivity index (χ2v) is 6.85. The van der Waals surface area contributed by atoms with E-state index in [0.29, 0.717) is 5.92 Å². The molecule has 2 aromatic rings. The highest BCUT2D eigenvalue weighted by Gasteiger charge is 2.21. The topological polar surface area (TPSA) is 56.7 Å². The van der Waals surface area contributed by atoms with E-state index >= 15 is 0 Å². The summed E-state index contributed by atoms with van der Waals surface area (Å²) in [6, 6.07) is 6.15. The van der Waals surface area contributed by atoms with E-state index in [1.54, 1.807) is 12.4 Å². The van der Waals surface area contributed by atoms with Gasteiger partial charge in [0.15, 0.2) is 5.96 Å². The van der Waals surface area contributed by atoms with Gasteiger partial charge in [0.05, 0.1) is 0 Å². The van der Waals surface area contributed by atoms with E-state index in [-0.39, 0.29) is 0 Å². The first-order chi connectivity index (χ1) is 11.8. The molecule has 0 aliphatic carbocycles. The van der Waals surface area contributed by atoms with Crippen LogP contribution >= 0.6 is 11.3 Å². The van der Waals surface area contributed by atoms with Gasteiger partial charge in [-0.2, -0.15) is 0 Å². The maximum atomic E-state index is 4.45. The summed E-state index contributed by atoms with van der Waals surface area (Å²) in [6.45, 7) is 6.80. The van der Waals surface area contributed by atoms with Crippen molar-refractivity contribution in [1.82, 2.24) is 20.2 Å². The van der Waals surface area contributed by atoms with Crippen LogP contribution in [-0.4, -0.2) is 60.6 Å². The number of aromatic nitrogens is 2. The van der Waals surface area contributed by atoms with Crippen molar-refractivity contribution in [2.45, 2.75) is 12.8 Å². The number of nitrogens with zero attached hydrogens (tertiary/aromatic N) is 5. The number of thiophene rings is 1. The molecule has 1 fully saturated rings. The first kappa shape index (κ1) is 16.7. The molecule has 3 heterocycles. The van der Waals surface area contributed by atoms with E-state index in [9.17, 15) is 0 Å². The summed E-state index contributed by atoms with van der Waals surface area (Å²) in [5.41, 5.74) is 0. The number of nitrogens with one attached hydrogen (secondary N) is 1. The summed E-state index contributed by atoms with van der Waals surface area (Å²) >= 11 is 1.81. The van der Waals surface area contributed by atoms with Crippen LogP contribution in [0.4, 0.5) is 5.95 Å². The van der Waals surface area contributed by atoms with Gasteiger partial charge in [0.2, 0.25) is 5.95 Å². The fourth-order valence-electron chi connectivity index (χ4n) is 2.82. The molecule has 1 N–H and O–H groups in total. The smallest absolute Gasteiger partial charge is 0.225 e. The molecule has 1 aliphatic rings. The Morgan fingerprint density at radius 3 is 2.62 bits per heavy atom. The van der Waals surface area contributed by atoms with E-state index in [1.807, 2.05) is 24.5 Å². The van der Waals surface area contributed by atoms with Crippen LogP contribution in [0.1, 0.15) is 17.7 Å². The molecule has 128 valence electrons. The second kappa shape index (κ2) is 8.10. The van der Waals surface area contributed by atoms with Gasteiger partial charge in [-0.05, 0) is 17.5 Å². The minimum atomic E-state index is 0.487. The number of hydrogen-bond donors (Lipinski definition) is 1. The number of guanidine groups is 1. The number of aliphatic imine (C=N–C) groups is 1. The van der Waals surface area contributed by atoms with Gasteiger partial charge in [-0.1, -0.05) is 13.0 Å². The molecule has 2 aromatic heterocycles. The fraction of sp³-hybridized carbons (Fsp3) is 0.471. The molecular weight excluding hydrogens is 320 g/mol. The predicted molar refractivity (Wildman–Crippen MR) is 99.9 cm³/mol. The molecule has 0 amide bonds. The molecule has 1 saturated heterocycles. The minimum absolute atomic E-state index is 0.487. The highest BCUT2D eigenvalue weighted by Crippen LogP contribution is 2.19. The van der Waals surface area contributed by atoms with Crippen LogP contribution in [0.5, 0.6) is 0 Å². The quantitative estimate of drug-likeness (QED) is 0.679. The summed E-state index contributed by atoms with van der Waals surface area (Å²) in [6.07, 6.45) is 3.59. The average molecular weight is 344 g/mol. The van der Waals surface area contributed by atoms with E-state index in [2.05, 4.69) is 54.5 Å². The van der Waals surface area contributed by atoms with Gasteiger partial charge >= 0.3 is 0 Å². The van der Waals surface area contributed by atoms with Crippen molar-refractivity contribution in [3.63, 3.8) is 0 Å². The predicted octanol–water partition coefficient (Wildman–Crippen LogP) is 2.04. The Labute approximate surface area is 147 Å². The Balaban J connectivity index is 1.50. The summed E-state index contributed by atoms with van der Waals surface area (Å²) in [4.78, 5) is 19.0. The van der Waals surface area contributed by atoms with Crippen molar-refractivity contribution in [2.75, 3.05) is 44.7 Å². The third-order valence-electron chi connectivity index (χ3n) is 4.22. The maximum Gasteiger partial charge on any atom is 0.225 e. The fourth-order valence-corrected chi connectivity index (χ4v) is 3.61. The van der Waals surface area contributed by atoms with Crippen LogP contribution in [0.3, 0.4) is 0 Å². The molecule has 0 aromatic carbocycles. The molecule has 0 radical (unpaired) electrons. The lowest BCUT2D eigenvalue weighted by atomic mass is 10.1. The third kappa shape index (κ3) is 4.03. The Hall–Kier alpha value is -2.15. The van der Waals surface area contributed by atoms with Gasteiger partial charge in [0, 0.05) is 63.0 Å². The molecule has 0 spiro atoms. The Bertz CT molecular complexity index is 634. The molecule has 0 bridgehead atoms. The van der Waals surface area contributed by atoms with E-state index < -0.39 is 0 Å². The van der Waals surface area contributed by atoms with Crippen molar-refractivity contribution in [3.05, 3.63) is 40.8 Å². The zero-order valence-corrected chi connectivity index (χ0v) is 15.0. The van der Waals surface area contributed by atoms with Gasteiger partial charge in [-0.3, -0.25) is 4.99 Å². The Morgan fingerprint density at radius 2 is 2.00 bits per heavy atom. The summed E-state index contributed by atoms with van der Waals surface area (Å²) in [7, 11) is 1.85. The highest BCUT2D eigenvalue weighted by atomic mass is 32.1. The molecule has 0 saturated carbocycles. The van der Waals surface area contributed by atoms with Crippen LogP contribution in [0.25, 0.3) is 0 Å². The van der Waals surface area contributed by atoms with Crippen molar-refractivity contribution < 1.29 is 0 Å². The number of hydrogen-bond acceptors (Lipinski definition) is 5. The van der Waals surface area contributed by atoms with Crippen molar-refractivity contribution >= 4 is 23.2 Å². The SMILES string of the molecule is CN=C(NCC(C)c1cccs1)N1CCN(c2ncccn2)CC1. The summed E-state index contributed by atoms with van der Waals surface area (Å²) < 4.78 is 0. The molecule has 1 aliphatic heterocycles. The van der Waals surface area contributed by atoms with Gasteiger partial charge in [0.25, 0.3) is 0 Å². The molecule has 1 unspecified atom stereocenters. The largest absolute Gasteiger partial charge is 0.356 e. The molecule has 24 heavy (non-hydrogen) atoms. The minimum Gasteiger partial charge on any atom is -0.356 e. The lowest BCUT2D eigenvalue weighted by Gasteiger charge is -2.36. The molecule has 3 rings (SSSR count). The van der Waals surface area contributed by atoms with Crippen LogP contribution < -0.4 is 10.2 Å². The Kier molecular flexibility index (Phi) is 5.63. The van der Waals surface area contributed by atoms with E-state index in [0.717, 1.165) is 44.6 Å².